The van der Waals surface area contributed by atoms with Gasteiger partial charge in [-0.3, -0.25) is 19.1 Å². The molecule has 0 bridgehead atoms. The normalized spacial score (nSPS) is 13.8. The quantitative estimate of drug-likeness (QED) is 0.691. The Morgan fingerprint density at radius 2 is 2.07 bits per heavy atom. The summed E-state index contributed by atoms with van der Waals surface area (Å²) in [7, 11) is 0. The molecule has 1 aromatic heterocycles. The number of rotatable bonds is 2. The summed E-state index contributed by atoms with van der Waals surface area (Å²) in [5.74, 6) is 0.0895. The van der Waals surface area contributed by atoms with Crippen molar-refractivity contribution in [3.05, 3.63) is 26.4 Å². The first-order valence-corrected chi connectivity index (χ1v) is 4.79. The summed E-state index contributed by atoms with van der Waals surface area (Å²) in [5.41, 5.74) is -0.997. The number of nitrogens with zero attached hydrogens (tertiary/aromatic N) is 1. The van der Waals surface area contributed by atoms with Crippen molar-refractivity contribution >= 4 is 11.6 Å². The Morgan fingerprint density at radius 1 is 1.33 bits per heavy atom. The van der Waals surface area contributed by atoms with Crippen LogP contribution in [0, 0.1) is 0 Å². The van der Waals surface area contributed by atoms with Crippen LogP contribution in [0.4, 0.5) is 5.82 Å². The standard InChI is InChI=1S/C9H11N3O3/c1-2-3-12-7-6(5(13)4-10-7)8(14)11-9(12)15/h10H,2-4H2,1H3,(H,11,14,15). The highest BCUT2D eigenvalue weighted by Crippen LogP contribution is 2.15. The van der Waals surface area contributed by atoms with Gasteiger partial charge in [0.25, 0.3) is 5.56 Å². The van der Waals surface area contributed by atoms with Gasteiger partial charge in [-0.05, 0) is 6.42 Å². The number of H-pyrrole nitrogens is 1. The molecule has 0 atom stereocenters. The number of nitrogens with one attached hydrogen (secondary N) is 2. The summed E-state index contributed by atoms with van der Waals surface area (Å²) in [5, 5.41) is 2.78. The third-order valence-corrected chi connectivity index (χ3v) is 2.34. The van der Waals surface area contributed by atoms with Crippen LogP contribution >= 0.6 is 0 Å². The Bertz CT molecular complexity index is 526. The molecule has 15 heavy (non-hydrogen) atoms. The van der Waals surface area contributed by atoms with Crippen molar-refractivity contribution < 1.29 is 4.79 Å². The molecule has 2 rings (SSSR count). The van der Waals surface area contributed by atoms with Crippen LogP contribution in [-0.2, 0) is 6.54 Å². The van der Waals surface area contributed by atoms with E-state index in [9.17, 15) is 14.4 Å². The van der Waals surface area contributed by atoms with E-state index in [-0.39, 0.29) is 17.9 Å². The molecule has 6 heteroatoms. The smallest absolute Gasteiger partial charge is 0.329 e. The first-order valence-electron chi connectivity index (χ1n) is 4.79. The lowest BCUT2D eigenvalue weighted by Gasteiger charge is -2.08. The average Bonchev–Trinajstić information content (AvgIpc) is 2.55. The minimum atomic E-state index is -0.600. The molecule has 0 unspecified atom stereocenters. The van der Waals surface area contributed by atoms with E-state index in [1.165, 1.54) is 4.57 Å². The Labute approximate surface area is 84.9 Å². The molecule has 0 amide bonds. The van der Waals surface area contributed by atoms with Gasteiger partial charge in [0.1, 0.15) is 11.4 Å². The van der Waals surface area contributed by atoms with Gasteiger partial charge in [0.2, 0.25) is 0 Å². The zero-order valence-corrected chi connectivity index (χ0v) is 8.29. The molecule has 1 aromatic rings. The van der Waals surface area contributed by atoms with E-state index in [4.69, 9.17) is 0 Å². The van der Waals surface area contributed by atoms with Gasteiger partial charge in [-0.15, -0.1) is 0 Å². The Balaban J connectivity index is 2.73. The third-order valence-electron chi connectivity index (χ3n) is 2.34. The Morgan fingerprint density at radius 3 is 2.73 bits per heavy atom. The molecule has 0 aromatic carbocycles. The van der Waals surface area contributed by atoms with E-state index in [1.54, 1.807) is 0 Å². The number of aromatic amines is 1. The van der Waals surface area contributed by atoms with Crippen LogP contribution in [0.1, 0.15) is 23.7 Å². The van der Waals surface area contributed by atoms with E-state index in [1.807, 2.05) is 6.92 Å². The fourth-order valence-corrected chi connectivity index (χ4v) is 1.70. The predicted octanol–water partition coefficient (Wildman–Crippen LogP) is -0.445. The van der Waals surface area contributed by atoms with Crippen molar-refractivity contribution in [2.45, 2.75) is 19.9 Å². The maximum absolute atomic E-state index is 11.5. The van der Waals surface area contributed by atoms with Crippen LogP contribution in [0.3, 0.4) is 0 Å². The van der Waals surface area contributed by atoms with Crippen LogP contribution in [0.2, 0.25) is 0 Å². The minimum Gasteiger partial charge on any atom is -0.363 e. The van der Waals surface area contributed by atoms with E-state index in [0.29, 0.717) is 12.4 Å². The van der Waals surface area contributed by atoms with Gasteiger partial charge >= 0.3 is 5.69 Å². The fourth-order valence-electron chi connectivity index (χ4n) is 1.70. The number of carbonyl (C=O) groups excluding carboxylic acids is 1. The summed E-state index contributed by atoms with van der Waals surface area (Å²) in [6.45, 7) is 2.49. The summed E-state index contributed by atoms with van der Waals surface area (Å²) in [4.78, 5) is 36.3. The van der Waals surface area contributed by atoms with Crippen molar-refractivity contribution in [2.75, 3.05) is 11.9 Å². The van der Waals surface area contributed by atoms with E-state index in [0.717, 1.165) is 6.42 Å². The van der Waals surface area contributed by atoms with Crippen molar-refractivity contribution in [1.82, 2.24) is 9.55 Å². The lowest BCUT2D eigenvalue weighted by atomic mass is 10.2. The van der Waals surface area contributed by atoms with Gasteiger partial charge in [0.05, 0.1) is 6.54 Å². The van der Waals surface area contributed by atoms with Gasteiger partial charge in [0, 0.05) is 6.54 Å². The number of Topliss-reactive ketones (excluding diaryl/α,β-unsaturated/α-hetero) is 1. The molecule has 1 aliphatic heterocycles. The molecular formula is C9H11N3O3. The van der Waals surface area contributed by atoms with Gasteiger partial charge < -0.3 is 5.32 Å². The van der Waals surface area contributed by atoms with Crippen molar-refractivity contribution in [2.24, 2.45) is 0 Å². The number of ketones is 1. The Kier molecular flexibility index (Phi) is 2.18. The number of fused-ring (bicyclic) bond motifs is 1. The summed E-state index contributed by atoms with van der Waals surface area (Å²) in [6.07, 6.45) is 0.758. The molecule has 2 heterocycles. The molecular weight excluding hydrogens is 198 g/mol. The SMILES string of the molecule is CCCn1c2c(c(=O)[nH]c1=O)C(=O)CN2. The number of carbonyl (C=O) groups is 1. The van der Waals surface area contributed by atoms with Crippen molar-refractivity contribution in [3.8, 4) is 0 Å². The van der Waals surface area contributed by atoms with Crippen molar-refractivity contribution in [1.29, 1.82) is 0 Å². The maximum Gasteiger partial charge on any atom is 0.329 e. The van der Waals surface area contributed by atoms with Gasteiger partial charge in [-0.1, -0.05) is 6.92 Å². The largest absolute Gasteiger partial charge is 0.363 e. The second kappa shape index (κ2) is 3.38. The molecule has 0 saturated heterocycles. The molecule has 0 spiro atoms. The summed E-state index contributed by atoms with van der Waals surface area (Å²) >= 11 is 0. The van der Waals surface area contributed by atoms with E-state index in [2.05, 4.69) is 10.3 Å². The first kappa shape index (κ1) is 9.70. The monoisotopic (exact) mass is 209 g/mol. The van der Waals surface area contributed by atoms with E-state index >= 15 is 0 Å². The molecule has 80 valence electrons. The van der Waals surface area contributed by atoms with E-state index < -0.39 is 11.2 Å². The van der Waals surface area contributed by atoms with Crippen LogP contribution in [0.25, 0.3) is 0 Å². The molecule has 0 fully saturated rings. The maximum atomic E-state index is 11.5. The first-order chi connectivity index (χ1) is 7.15. The zero-order valence-electron chi connectivity index (χ0n) is 8.29. The van der Waals surface area contributed by atoms with Crippen LogP contribution < -0.4 is 16.6 Å². The van der Waals surface area contributed by atoms with Crippen LogP contribution in [0.15, 0.2) is 9.59 Å². The van der Waals surface area contributed by atoms with Crippen LogP contribution in [-0.4, -0.2) is 21.9 Å². The molecule has 0 saturated carbocycles. The second-order valence-corrected chi connectivity index (χ2v) is 3.41. The fraction of sp³-hybridized carbons (Fsp3) is 0.444. The lowest BCUT2D eigenvalue weighted by Crippen LogP contribution is -2.33. The van der Waals surface area contributed by atoms with Crippen LogP contribution in [0.5, 0.6) is 0 Å². The average molecular weight is 209 g/mol. The summed E-state index contributed by atoms with van der Waals surface area (Å²) < 4.78 is 1.39. The molecule has 6 nitrogen and oxygen atoms in total. The molecule has 0 aliphatic carbocycles. The number of aromatic nitrogens is 2. The highest BCUT2D eigenvalue weighted by molar-refractivity contribution is 6.06. The lowest BCUT2D eigenvalue weighted by molar-refractivity contribution is 0.101. The van der Waals surface area contributed by atoms with Gasteiger partial charge in [-0.25, -0.2) is 4.79 Å². The van der Waals surface area contributed by atoms with Gasteiger partial charge in [-0.2, -0.15) is 0 Å². The molecule has 1 aliphatic rings. The second-order valence-electron chi connectivity index (χ2n) is 3.41. The number of hydrogen-bond donors (Lipinski definition) is 2. The van der Waals surface area contributed by atoms with Crippen molar-refractivity contribution in [3.63, 3.8) is 0 Å². The minimum absolute atomic E-state index is 0.0723. The molecule has 0 radical (unpaired) electrons. The topological polar surface area (TPSA) is 84.0 Å². The van der Waals surface area contributed by atoms with Gasteiger partial charge in [0.15, 0.2) is 5.78 Å². The summed E-state index contributed by atoms with van der Waals surface area (Å²) in [6, 6.07) is 0. The predicted molar refractivity (Wildman–Crippen MR) is 54.4 cm³/mol. The Hall–Kier alpha value is -1.85. The number of anilines is 1. The molecule has 2 N–H and O–H groups in total. The highest BCUT2D eigenvalue weighted by atomic mass is 16.2. The highest BCUT2D eigenvalue weighted by Gasteiger charge is 2.26. The zero-order chi connectivity index (χ0) is 11.0. The third kappa shape index (κ3) is 1.38. The number of hydrogen-bond acceptors (Lipinski definition) is 4.